The first-order valence-electron chi connectivity index (χ1n) is 10.5. The van der Waals surface area contributed by atoms with Gasteiger partial charge in [-0.15, -0.1) is 11.3 Å². The molecule has 3 heterocycles. The molecule has 8 heteroatoms. The summed E-state index contributed by atoms with van der Waals surface area (Å²) in [7, 11) is 0. The molecule has 2 aromatic carbocycles. The Morgan fingerprint density at radius 1 is 1.00 bits per heavy atom. The highest BCUT2D eigenvalue weighted by Crippen LogP contribution is 2.34. The molecule has 1 aliphatic heterocycles. The highest BCUT2D eigenvalue weighted by Gasteiger charge is 2.21. The number of aromatic nitrogens is 2. The van der Waals surface area contributed by atoms with Gasteiger partial charge >= 0.3 is 0 Å². The lowest BCUT2D eigenvalue weighted by atomic mass is 10.2. The quantitative estimate of drug-likeness (QED) is 0.495. The van der Waals surface area contributed by atoms with Crippen molar-refractivity contribution in [3.8, 4) is 10.4 Å². The molecule has 0 saturated carbocycles. The second-order valence-corrected chi connectivity index (χ2v) is 8.65. The van der Waals surface area contributed by atoms with Gasteiger partial charge in [-0.2, -0.15) is 0 Å². The fourth-order valence-corrected chi connectivity index (χ4v) is 4.88. The number of nitrogens with zero attached hydrogens (tertiary/aromatic N) is 4. The molecule has 0 radical (unpaired) electrons. The van der Waals surface area contributed by atoms with E-state index in [9.17, 15) is 9.18 Å². The number of thiophene rings is 1. The van der Waals surface area contributed by atoms with Gasteiger partial charge < -0.3 is 15.1 Å². The predicted molar refractivity (Wildman–Crippen MR) is 127 cm³/mol. The molecule has 1 amide bonds. The van der Waals surface area contributed by atoms with Gasteiger partial charge in [-0.05, 0) is 35.9 Å². The molecule has 0 bridgehead atoms. The molecule has 0 unspecified atom stereocenters. The van der Waals surface area contributed by atoms with Crippen molar-refractivity contribution in [1.82, 2.24) is 14.9 Å². The van der Waals surface area contributed by atoms with Crippen molar-refractivity contribution in [2.24, 2.45) is 0 Å². The molecule has 6 nitrogen and oxygen atoms in total. The first-order valence-corrected chi connectivity index (χ1v) is 11.3. The SMILES string of the molecule is O=C(CNc1ncnc2sc(-c3ccccc3)cc12)N1CCN(c2ccc(F)cc2)CC1. The monoisotopic (exact) mass is 447 g/mol. The molecule has 1 N–H and O–H groups in total. The van der Waals surface area contributed by atoms with E-state index in [0.29, 0.717) is 18.9 Å². The van der Waals surface area contributed by atoms with E-state index >= 15 is 0 Å². The minimum Gasteiger partial charge on any atom is -0.368 e. The summed E-state index contributed by atoms with van der Waals surface area (Å²) in [5, 5.41) is 4.13. The molecule has 0 atom stereocenters. The number of piperazine rings is 1. The second-order valence-electron chi connectivity index (χ2n) is 7.62. The Morgan fingerprint density at radius 2 is 1.75 bits per heavy atom. The number of nitrogens with one attached hydrogen (secondary N) is 1. The van der Waals surface area contributed by atoms with Crippen LogP contribution in [-0.2, 0) is 4.79 Å². The number of carbonyl (C=O) groups excluding carboxylic acids is 1. The molecule has 5 rings (SSSR count). The fourth-order valence-electron chi connectivity index (χ4n) is 3.88. The minimum absolute atomic E-state index is 0.0361. The normalized spacial score (nSPS) is 14.0. The van der Waals surface area contributed by atoms with E-state index in [-0.39, 0.29) is 18.3 Å². The molecule has 0 spiro atoms. The predicted octanol–water partition coefficient (Wildman–Crippen LogP) is 4.26. The Balaban J connectivity index is 1.22. The number of hydrogen-bond donors (Lipinski definition) is 1. The second kappa shape index (κ2) is 8.92. The summed E-state index contributed by atoms with van der Waals surface area (Å²) in [5.74, 6) is 0.467. The third-order valence-electron chi connectivity index (χ3n) is 5.62. The van der Waals surface area contributed by atoms with Gasteiger partial charge in [0.15, 0.2) is 0 Å². The first-order chi connectivity index (χ1) is 15.7. The van der Waals surface area contributed by atoms with E-state index in [2.05, 4.69) is 38.4 Å². The minimum atomic E-state index is -0.242. The summed E-state index contributed by atoms with van der Waals surface area (Å²) in [4.78, 5) is 27.6. The number of benzene rings is 2. The van der Waals surface area contributed by atoms with Crippen LogP contribution in [0, 0.1) is 5.82 Å². The van der Waals surface area contributed by atoms with Gasteiger partial charge in [-0.3, -0.25) is 4.79 Å². The molecular weight excluding hydrogens is 425 g/mol. The number of anilines is 2. The van der Waals surface area contributed by atoms with E-state index in [4.69, 9.17) is 0 Å². The van der Waals surface area contributed by atoms with E-state index in [1.807, 2.05) is 23.1 Å². The van der Waals surface area contributed by atoms with E-state index in [1.54, 1.807) is 23.5 Å². The van der Waals surface area contributed by atoms with Gasteiger partial charge in [0.25, 0.3) is 0 Å². The van der Waals surface area contributed by atoms with Crippen molar-refractivity contribution in [2.75, 3.05) is 42.9 Å². The summed E-state index contributed by atoms with van der Waals surface area (Å²) >= 11 is 1.61. The molecule has 2 aromatic heterocycles. The highest BCUT2D eigenvalue weighted by molar-refractivity contribution is 7.21. The third kappa shape index (κ3) is 4.27. The van der Waals surface area contributed by atoms with Crippen molar-refractivity contribution in [2.45, 2.75) is 0 Å². The van der Waals surface area contributed by atoms with Gasteiger partial charge in [-0.1, -0.05) is 30.3 Å². The topological polar surface area (TPSA) is 61.4 Å². The number of rotatable bonds is 5. The molecule has 162 valence electrons. The van der Waals surface area contributed by atoms with Crippen LogP contribution in [0.4, 0.5) is 15.9 Å². The molecule has 4 aromatic rings. The van der Waals surface area contributed by atoms with Crippen molar-refractivity contribution in [3.05, 3.63) is 72.8 Å². The van der Waals surface area contributed by atoms with Crippen LogP contribution in [0.2, 0.25) is 0 Å². The molecule has 1 saturated heterocycles. The lowest BCUT2D eigenvalue weighted by Crippen LogP contribution is -2.50. The van der Waals surface area contributed by atoms with Crippen LogP contribution in [0.1, 0.15) is 0 Å². The maximum Gasteiger partial charge on any atom is 0.242 e. The summed E-state index contributed by atoms with van der Waals surface area (Å²) in [6, 6.07) is 18.7. The average Bonchev–Trinajstić information content (AvgIpc) is 3.29. The van der Waals surface area contributed by atoms with Gasteiger partial charge in [-0.25, -0.2) is 14.4 Å². The summed E-state index contributed by atoms with van der Waals surface area (Å²) < 4.78 is 13.1. The Kier molecular flexibility index (Phi) is 5.68. The molecule has 32 heavy (non-hydrogen) atoms. The van der Waals surface area contributed by atoms with Crippen molar-refractivity contribution >= 4 is 39.0 Å². The van der Waals surface area contributed by atoms with Gasteiger partial charge in [0.2, 0.25) is 5.91 Å². The number of amides is 1. The zero-order valence-electron chi connectivity index (χ0n) is 17.4. The third-order valence-corrected chi connectivity index (χ3v) is 6.71. The highest BCUT2D eigenvalue weighted by atomic mass is 32.1. The molecule has 1 fully saturated rings. The molecule has 0 aliphatic carbocycles. The van der Waals surface area contributed by atoms with Crippen LogP contribution >= 0.6 is 11.3 Å². The Morgan fingerprint density at radius 3 is 2.50 bits per heavy atom. The maximum absolute atomic E-state index is 13.1. The number of hydrogen-bond acceptors (Lipinski definition) is 6. The Labute approximate surface area is 189 Å². The lowest BCUT2D eigenvalue weighted by Gasteiger charge is -2.36. The molecular formula is C24H22FN5OS. The van der Waals surface area contributed by atoms with Gasteiger partial charge in [0.05, 0.1) is 11.9 Å². The fraction of sp³-hybridized carbons (Fsp3) is 0.208. The first kappa shape index (κ1) is 20.4. The van der Waals surface area contributed by atoms with Crippen LogP contribution in [0.15, 0.2) is 67.0 Å². The Bertz CT molecular complexity index is 1220. The lowest BCUT2D eigenvalue weighted by molar-refractivity contribution is -0.129. The number of fused-ring (bicyclic) bond motifs is 1. The standard InChI is InChI=1S/C24H22FN5OS/c25-18-6-8-19(9-7-18)29-10-12-30(13-11-29)22(31)15-26-23-20-14-21(17-4-2-1-3-5-17)32-24(20)28-16-27-23/h1-9,14,16H,10-13,15H2,(H,26,27,28). The average molecular weight is 448 g/mol. The van der Waals surface area contributed by atoms with Crippen LogP contribution in [0.5, 0.6) is 0 Å². The van der Waals surface area contributed by atoms with E-state index < -0.39 is 0 Å². The van der Waals surface area contributed by atoms with Gasteiger partial charge in [0.1, 0.15) is 22.8 Å². The number of halogens is 1. The Hall–Kier alpha value is -3.52. The zero-order chi connectivity index (χ0) is 21.9. The van der Waals surface area contributed by atoms with Crippen molar-refractivity contribution < 1.29 is 9.18 Å². The van der Waals surface area contributed by atoms with Gasteiger partial charge in [0, 0.05) is 36.7 Å². The largest absolute Gasteiger partial charge is 0.368 e. The summed E-state index contributed by atoms with van der Waals surface area (Å²) in [6.45, 7) is 2.89. The van der Waals surface area contributed by atoms with E-state index in [0.717, 1.165) is 39.4 Å². The smallest absolute Gasteiger partial charge is 0.242 e. The summed E-state index contributed by atoms with van der Waals surface area (Å²) in [6.07, 6.45) is 1.53. The van der Waals surface area contributed by atoms with Crippen LogP contribution in [-0.4, -0.2) is 53.5 Å². The zero-order valence-corrected chi connectivity index (χ0v) is 18.2. The van der Waals surface area contributed by atoms with Crippen LogP contribution < -0.4 is 10.2 Å². The van der Waals surface area contributed by atoms with Crippen molar-refractivity contribution in [1.29, 1.82) is 0 Å². The molecule has 1 aliphatic rings. The van der Waals surface area contributed by atoms with Crippen molar-refractivity contribution in [3.63, 3.8) is 0 Å². The summed E-state index contributed by atoms with van der Waals surface area (Å²) in [5.41, 5.74) is 2.11. The van der Waals surface area contributed by atoms with E-state index in [1.165, 1.54) is 18.5 Å². The number of carbonyl (C=O) groups is 1. The van der Waals surface area contributed by atoms with Crippen LogP contribution in [0.25, 0.3) is 20.7 Å². The maximum atomic E-state index is 13.1. The van der Waals surface area contributed by atoms with Crippen LogP contribution in [0.3, 0.4) is 0 Å².